The summed E-state index contributed by atoms with van der Waals surface area (Å²) in [4.78, 5) is 16.4. The van der Waals surface area contributed by atoms with Crippen LogP contribution in [0.1, 0.15) is 15.9 Å². The predicted octanol–water partition coefficient (Wildman–Crippen LogP) is 3.05. The van der Waals surface area contributed by atoms with Crippen molar-refractivity contribution in [2.45, 2.75) is 6.92 Å². The fourth-order valence-corrected chi connectivity index (χ4v) is 2.77. The highest BCUT2D eigenvalue weighted by molar-refractivity contribution is 6.03. The van der Waals surface area contributed by atoms with Gasteiger partial charge in [-0.15, -0.1) is 0 Å². The molecule has 0 aliphatic rings. The lowest BCUT2D eigenvalue weighted by molar-refractivity contribution is 0.100. The maximum absolute atomic E-state index is 14.5. The second-order valence-electron chi connectivity index (χ2n) is 5.84. The van der Waals surface area contributed by atoms with E-state index in [9.17, 15) is 9.18 Å². The van der Waals surface area contributed by atoms with Gasteiger partial charge in [0.1, 0.15) is 5.82 Å². The average molecular weight is 355 g/mol. The number of nitrogens with zero attached hydrogens (tertiary/aromatic N) is 1. The monoisotopic (exact) mass is 355 g/mol. The Morgan fingerprint density at radius 1 is 1.08 bits per heavy atom. The number of carbonyl (C=O) groups excluding carboxylic acids is 1. The molecule has 3 aromatic rings. The van der Waals surface area contributed by atoms with Crippen LogP contribution in [0.5, 0.6) is 11.5 Å². The summed E-state index contributed by atoms with van der Waals surface area (Å²) >= 11 is 0. The van der Waals surface area contributed by atoms with Crippen LogP contribution < -0.4 is 20.9 Å². The first-order valence-corrected chi connectivity index (χ1v) is 7.78. The van der Waals surface area contributed by atoms with E-state index >= 15 is 0 Å². The highest BCUT2D eigenvalue weighted by atomic mass is 19.1. The van der Waals surface area contributed by atoms with E-state index in [1.165, 1.54) is 20.3 Å². The maximum atomic E-state index is 14.5. The zero-order chi connectivity index (χ0) is 19.0. The number of primary amides is 1. The number of benzene rings is 2. The molecule has 0 spiro atoms. The molecule has 6 nitrogen and oxygen atoms in total. The van der Waals surface area contributed by atoms with Crippen LogP contribution in [-0.4, -0.2) is 25.1 Å². The van der Waals surface area contributed by atoms with Crippen molar-refractivity contribution in [1.29, 1.82) is 0 Å². The molecule has 1 aromatic heterocycles. The fourth-order valence-electron chi connectivity index (χ4n) is 2.77. The summed E-state index contributed by atoms with van der Waals surface area (Å²) in [7, 11) is 3.01. The minimum Gasteiger partial charge on any atom is -0.493 e. The number of aromatic nitrogens is 1. The molecule has 0 fully saturated rings. The lowest BCUT2D eigenvalue weighted by Crippen LogP contribution is -2.14. The third-order valence-corrected chi connectivity index (χ3v) is 4.20. The molecule has 4 N–H and O–H groups in total. The van der Waals surface area contributed by atoms with Crippen molar-refractivity contribution >= 4 is 22.5 Å². The number of hydrogen-bond acceptors (Lipinski definition) is 5. The van der Waals surface area contributed by atoms with Gasteiger partial charge in [0.25, 0.3) is 5.91 Å². The van der Waals surface area contributed by atoms with E-state index in [1.807, 2.05) is 0 Å². The zero-order valence-electron chi connectivity index (χ0n) is 14.6. The molecule has 1 heterocycles. The van der Waals surface area contributed by atoms with Gasteiger partial charge in [-0.1, -0.05) is 0 Å². The van der Waals surface area contributed by atoms with Gasteiger partial charge in [0, 0.05) is 22.7 Å². The molecule has 26 heavy (non-hydrogen) atoms. The molecule has 0 unspecified atom stereocenters. The molecule has 0 aliphatic carbocycles. The van der Waals surface area contributed by atoms with Crippen LogP contribution in [0.2, 0.25) is 0 Å². The summed E-state index contributed by atoms with van der Waals surface area (Å²) in [6, 6.07) is 7.65. The summed E-state index contributed by atoms with van der Waals surface area (Å²) in [5.74, 6) is -0.334. The molecule has 0 radical (unpaired) electrons. The van der Waals surface area contributed by atoms with Crippen molar-refractivity contribution in [3.63, 3.8) is 0 Å². The largest absolute Gasteiger partial charge is 0.493 e. The quantitative estimate of drug-likeness (QED) is 0.701. The van der Waals surface area contributed by atoms with Gasteiger partial charge in [0.2, 0.25) is 0 Å². The van der Waals surface area contributed by atoms with Gasteiger partial charge in [-0.3, -0.25) is 4.79 Å². The minimum absolute atomic E-state index is 0.104. The number of ether oxygens (including phenoxy) is 2. The van der Waals surface area contributed by atoms with E-state index in [2.05, 4.69) is 4.98 Å². The number of methoxy groups -OCH3 is 2. The highest BCUT2D eigenvalue weighted by Crippen LogP contribution is 2.35. The molecule has 0 saturated heterocycles. The Kier molecular flexibility index (Phi) is 4.38. The first kappa shape index (κ1) is 17.5. The number of nitrogens with two attached hydrogens (primary N) is 2. The Labute approximate surface area is 149 Å². The summed E-state index contributed by atoms with van der Waals surface area (Å²) in [6.45, 7) is 1.75. The number of hydrogen-bond donors (Lipinski definition) is 2. The van der Waals surface area contributed by atoms with Crippen molar-refractivity contribution < 1.29 is 18.7 Å². The van der Waals surface area contributed by atoms with E-state index in [0.29, 0.717) is 33.7 Å². The number of nitrogen functional groups attached to an aromatic ring is 1. The molecule has 0 aliphatic heterocycles. The van der Waals surface area contributed by atoms with Gasteiger partial charge < -0.3 is 20.9 Å². The Morgan fingerprint density at radius 2 is 1.73 bits per heavy atom. The van der Waals surface area contributed by atoms with Gasteiger partial charge in [0.05, 0.1) is 31.0 Å². The number of anilines is 1. The molecule has 1 amide bonds. The zero-order valence-corrected chi connectivity index (χ0v) is 14.6. The average Bonchev–Trinajstić information content (AvgIpc) is 2.62. The number of fused-ring (bicyclic) bond motifs is 1. The molecule has 0 saturated carbocycles. The van der Waals surface area contributed by atoms with E-state index in [1.54, 1.807) is 31.2 Å². The molecule has 2 aromatic carbocycles. The molecule has 7 heteroatoms. The first-order valence-electron chi connectivity index (χ1n) is 7.78. The van der Waals surface area contributed by atoms with Gasteiger partial charge in [-0.05, 0) is 36.8 Å². The standard InChI is InChI=1S/C19H18FN3O3/c1-9-4-11(13(20)7-14(9)21)18-12(19(22)24)5-10-6-16(25-2)17(26-3)8-15(10)23-18/h4-8H,21H2,1-3H3,(H2,22,24). The van der Waals surface area contributed by atoms with Crippen LogP contribution in [0.3, 0.4) is 0 Å². The summed E-state index contributed by atoms with van der Waals surface area (Å²) in [6.07, 6.45) is 0. The first-order chi connectivity index (χ1) is 12.3. The smallest absolute Gasteiger partial charge is 0.250 e. The Bertz CT molecular complexity index is 1030. The van der Waals surface area contributed by atoms with Crippen LogP contribution in [-0.2, 0) is 0 Å². The SMILES string of the molecule is COc1cc2cc(C(N)=O)c(-c3cc(C)c(N)cc3F)nc2cc1OC. The van der Waals surface area contributed by atoms with Crippen molar-refractivity contribution in [3.8, 4) is 22.8 Å². The number of carbonyl (C=O) groups is 1. The van der Waals surface area contributed by atoms with Crippen LogP contribution in [0.25, 0.3) is 22.2 Å². The molecular weight excluding hydrogens is 337 g/mol. The lowest BCUT2D eigenvalue weighted by Gasteiger charge is -2.13. The third kappa shape index (κ3) is 2.88. The topological polar surface area (TPSA) is 100 Å². The van der Waals surface area contributed by atoms with E-state index < -0.39 is 11.7 Å². The second-order valence-corrected chi connectivity index (χ2v) is 5.84. The number of halogens is 1. The van der Waals surface area contributed by atoms with E-state index in [4.69, 9.17) is 20.9 Å². The minimum atomic E-state index is -0.710. The van der Waals surface area contributed by atoms with Crippen LogP contribution in [0, 0.1) is 12.7 Å². The van der Waals surface area contributed by atoms with Crippen molar-refractivity contribution in [2.24, 2.45) is 5.73 Å². The van der Waals surface area contributed by atoms with Gasteiger partial charge in [-0.25, -0.2) is 9.37 Å². The Hall–Kier alpha value is -3.35. The Balaban J connectivity index is 2.35. The summed E-state index contributed by atoms with van der Waals surface area (Å²) < 4.78 is 25.1. The summed E-state index contributed by atoms with van der Waals surface area (Å²) in [5.41, 5.74) is 13.2. The van der Waals surface area contributed by atoms with Gasteiger partial charge >= 0.3 is 0 Å². The predicted molar refractivity (Wildman–Crippen MR) is 97.9 cm³/mol. The molecule has 0 atom stereocenters. The van der Waals surface area contributed by atoms with Crippen LogP contribution >= 0.6 is 0 Å². The number of aryl methyl sites for hydroxylation is 1. The highest BCUT2D eigenvalue weighted by Gasteiger charge is 2.19. The third-order valence-electron chi connectivity index (χ3n) is 4.20. The van der Waals surface area contributed by atoms with Crippen molar-refractivity contribution in [3.05, 3.63) is 47.3 Å². The lowest BCUT2D eigenvalue weighted by atomic mass is 10.00. The van der Waals surface area contributed by atoms with Gasteiger partial charge in [0.15, 0.2) is 11.5 Å². The summed E-state index contributed by atoms with van der Waals surface area (Å²) in [5, 5.41) is 0.618. The molecule has 134 valence electrons. The number of pyridine rings is 1. The van der Waals surface area contributed by atoms with Crippen molar-refractivity contribution in [2.75, 3.05) is 20.0 Å². The van der Waals surface area contributed by atoms with E-state index in [-0.39, 0.29) is 16.8 Å². The van der Waals surface area contributed by atoms with E-state index in [0.717, 1.165) is 0 Å². The maximum Gasteiger partial charge on any atom is 0.250 e. The molecule has 0 bridgehead atoms. The van der Waals surface area contributed by atoms with Crippen LogP contribution in [0.15, 0.2) is 30.3 Å². The van der Waals surface area contributed by atoms with Crippen LogP contribution in [0.4, 0.5) is 10.1 Å². The fraction of sp³-hybridized carbons (Fsp3) is 0.158. The van der Waals surface area contributed by atoms with Crippen molar-refractivity contribution in [1.82, 2.24) is 4.98 Å². The normalized spacial score (nSPS) is 10.8. The number of amides is 1. The Morgan fingerprint density at radius 3 is 2.35 bits per heavy atom. The molecular formula is C19H18FN3O3. The van der Waals surface area contributed by atoms with Gasteiger partial charge in [-0.2, -0.15) is 0 Å². The molecule has 3 rings (SSSR count). The second kappa shape index (κ2) is 6.51. The number of rotatable bonds is 4.